The smallest absolute Gasteiger partial charge is 0.326 e. The molecule has 25 heavy (non-hydrogen) atoms. The summed E-state index contributed by atoms with van der Waals surface area (Å²) in [5.74, 6) is 0.501. The number of aromatic amines is 1. The number of hydrogen-bond acceptors (Lipinski definition) is 3. The minimum atomic E-state index is -0.0405. The zero-order valence-corrected chi connectivity index (χ0v) is 14.8. The van der Waals surface area contributed by atoms with Gasteiger partial charge in [0.1, 0.15) is 0 Å². The molecule has 4 rings (SSSR count). The third-order valence-corrected chi connectivity index (χ3v) is 5.83. The molecular formula is C19H26N4O2. The predicted octanol–water partition coefficient (Wildman–Crippen LogP) is 1.83. The van der Waals surface area contributed by atoms with Gasteiger partial charge in [-0.2, -0.15) is 0 Å². The van der Waals surface area contributed by atoms with E-state index < -0.39 is 0 Å². The highest BCUT2D eigenvalue weighted by Gasteiger charge is 2.31. The molecule has 0 radical (unpaired) electrons. The molecule has 0 saturated carbocycles. The molecule has 2 saturated heterocycles. The summed E-state index contributed by atoms with van der Waals surface area (Å²) in [5, 5.41) is 0. The Labute approximate surface area is 147 Å². The number of para-hydroxylation sites is 2. The van der Waals surface area contributed by atoms with Gasteiger partial charge in [-0.3, -0.25) is 9.36 Å². The minimum Gasteiger partial charge on any atom is -0.342 e. The number of carbonyl (C=O) groups is 1. The van der Waals surface area contributed by atoms with Crippen LogP contribution < -0.4 is 5.69 Å². The van der Waals surface area contributed by atoms with Crippen molar-refractivity contribution in [1.29, 1.82) is 0 Å². The second-order valence-corrected chi connectivity index (χ2v) is 7.45. The Balaban J connectivity index is 1.43. The van der Waals surface area contributed by atoms with Crippen molar-refractivity contribution in [2.75, 3.05) is 33.2 Å². The molecule has 1 aromatic heterocycles. The zero-order chi connectivity index (χ0) is 17.4. The fraction of sp³-hybridized carbons (Fsp3) is 0.579. The van der Waals surface area contributed by atoms with Crippen molar-refractivity contribution >= 4 is 16.9 Å². The molecule has 2 aromatic rings. The molecule has 0 bridgehead atoms. The van der Waals surface area contributed by atoms with Crippen molar-refractivity contribution in [3.63, 3.8) is 0 Å². The second-order valence-electron chi connectivity index (χ2n) is 7.45. The van der Waals surface area contributed by atoms with Crippen LogP contribution in [0.1, 0.15) is 31.7 Å². The van der Waals surface area contributed by atoms with Crippen molar-refractivity contribution < 1.29 is 4.79 Å². The van der Waals surface area contributed by atoms with Gasteiger partial charge in [0.05, 0.1) is 11.0 Å². The van der Waals surface area contributed by atoms with Gasteiger partial charge in [-0.15, -0.1) is 0 Å². The lowest BCUT2D eigenvalue weighted by molar-refractivity contribution is -0.138. The van der Waals surface area contributed by atoms with E-state index >= 15 is 0 Å². The number of piperidine rings is 2. The first kappa shape index (κ1) is 16.4. The highest BCUT2D eigenvalue weighted by atomic mass is 16.2. The minimum absolute atomic E-state index is 0.0405. The van der Waals surface area contributed by atoms with E-state index in [4.69, 9.17) is 0 Å². The molecule has 0 aliphatic carbocycles. The van der Waals surface area contributed by atoms with Crippen molar-refractivity contribution in [1.82, 2.24) is 19.4 Å². The van der Waals surface area contributed by atoms with Gasteiger partial charge in [-0.1, -0.05) is 12.1 Å². The number of nitrogens with zero attached hydrogens (tertiary/aromatic N) is 3. The van der Waals surface area contributed by atoms with E-state index in [1.165, 1.54) is 0 Å². The summed E-state index contributed by atoms with van der Waals surface area (Å²) in [6, 6.07) is 8.00. The molecule has 0 unspecified atom stereocenters. The molecule has 2 fully saturated rings. The first-order chi connectivity index (χ1) is 12.1. The number of H-pyrrole nitrogens is 1. The molecule has 0 spiro atoms. The highest BCUT2D eigenvalue weighted by Crippen LogP contribution is 2.27. The van der Waals surface area contributed by atoms with E-state index in [0.29, 0.717) is 5.91 Å². The van der Waals surface area contributed by atoms with E-state index in [1.807, 2.05) is 33.7 Å². The van der Waals surface area contributed by atoms with Crippen LogP contribution in [0.15, 0.2) is 29.1 Å². The van der Waals surface area contributed by atoms with Crippen LogP contribution in [-0.4, -0.2) is 58.5 Å². The van der Waals surface area contributed by atoms with Crippen LogP contribution in [0.5, 0.6) is 0 Å². The summed E-state index contributed by atoms with van der Waals surface area (Å²) < 4.78 is 1.88. The lowest BCUT2D eigenvalue weighted by Gasteiger charge is -2.36. The SMILES string of the molecule is CN1CCC(C(=O)N2CCC(n3c(=O)[nH]c4ccccc43)CC2)CC1. The fourth-order valence-corrected chi connectivity index (χ4v) is 4.29. The Bertz CT molecular complexity index is 808. The second kappa shape index (κ2) is 6.67. The first-order valence-corrected chi connectivity index (χ1v) is 9.30. The van der Waals surface area contributed by atoms with E-state index in [0.717, 1.165) is 62.9 Å². The van der Waals surface area contributed by atoms with Crippen LogP contribution in [0.25, 0.3) is 11.0 Å². The molecule has 2 aliphatic heterocycles. The van der Waals surface area contributed by atoms with Crippen LogP contribution in [0.2, 0.25) is 0 Å². The number of carbonyl (C=O) groups excluding carboxylic acids is 1. The van der Waals surface area contributed by atoms with Crippen LogP contribution in [0.4, 0.5) is 0 Å². The van der Waals surface area contributed by atoms with Gasteiger partial charge in [0, 0.05) is 25.0 Å². The molecular weight excluding hydrogens is 316 g/mol. The number of hydrogen-bond donors (Lipinski definition) is 1. The summed E-state index contributed by atoms with van der Waals surface area (Å²) >= 11 is 0. The third kappa shape index (κ3) is 3.11. The van der Waals surface area contributed by atoms with Gasteiger partial charge in [0.25, 0.3) is 0 Å². The number of aromatic nitrogens is 2. The van der Waals surface area contributed by atoms with Crippen molar-refractivity contribution in [2.24, 2.45) is 5.92 Å². The quantitative estimate of drug-likeness (QED) is 0.906. The summed E-state index contributed by atoms with van der Waals surface area (Å²) in [6.45, 7) is 3.53. The maximum Gasteiger partial charge on any atom is 0.326 e. The maximum absolute atomic E-state index is 12.8. The monoisotopic (exact) mass is 342 g/mol. The molecule has 0 atom stereocenters. The molecule has 1 aromatic carbocycles. The molecule has 3 heterocycles. The van der Waals surface area contributed by atoms with Gasteiger partial charge >= 0.3 is 5.69 Å². The van der Waals surface area contributed by atoms with Gasteiger partial charge in [0.15, 0.2) is 0 Å². The molecule has 6 heteroatoms. The Hall–Kier alpha value is -2.08. The molecule has 134 valence electrons. The van der Waals surface area contributed by atoms with Crippen LogP contribution in [0, 0.1) is 5.92 Å². The summed E-state index contributed by atoms with van der Waals surface area (Å²) in [5.41, 5.74) is 1.81. The van der Waals surface area contributed by atoms with Gasteiger partial charge in [-0.05, 0) is 58.0 Å². The lowest BCUT2D eigenvalue weighted by Crippen LogP contribution is -2.45. The summed E-state index contributed by atoms with van der Waals surface area (Å²) in [7, 11) is 2.12. The topological polar surface area (TPSA) is 61.3 Å². The Morgan fingerprint density at radius 1 is 1.04 bits per heavy atom. The van der Waals surface area contributed by atoms with Gasteiger partial charge in [0.2, 0.25) is 5.91 Å². The van der Waals surface area contributed by atoms with Crippen molar-refractivity contribution in [2.45, 2.75) is 31.7 Å². The third-order valence-electron chi connectivity index (χ3n) is 5.83. The average molecular weight is 342 g/mol. The van der Waals surface area contributed by atoms with Crippen LogP contribution in [-0.2, 0) is 4.79 Å². The molecule has 2 aliphatic rings. The number of amides is 1. The lowest BCUT2D eigenvalue weighted by atomic mass is 9.94. The van der Waals surface area contributed by atoms with E-state index in [2.05, 4.69) is 16.9 Å². The highest BCUT2D eigenvalue weighted by molar-refractivity contribution is 5.79. The summed E-state index contributed by atoms with van der Waals surface area (Å²) in [4.78, 5) is 32.4. The predicted molar refractivity (Wildman–Crippen MR) is 97.6 cm³/mol. The van der Waals surface area contributed by atoms with E-state index in [1.54, 1.807) is 0 Å². The number of benzene rings is 1. The van der Waals surface area contributed by atoms with Crippen molar-refractivity contribution in [3.8, 4) is 0 Å². The van der Waals surface area contributed by atoms with Crippen LogP contribution in [0.3, 0.4) is 0 Å². The fourth-order valence-electron chi connectivity index (χ4n) is 4.29. The van der Waals surface area contributed by atoms with E-state index in [9.17, 15) is 9.59 Å². The number of fused-ring (bicyclic) bond motifs is 1. The van der Waals surface area contributed by atoms with Gasteiger partial charge < -0.3 is 14.8 Å². The molecule has 1 N–H and O–H groups in total. The number of rotatable bonds is 2. The zero-order valence-electron chi connectivity index (χ0n) is 14.8. The number of nitrogens with one attached hydrogen (secondary N) is 1. The summed E-state index contributed by atoms with van der Waals surface area (Å²) in [6.07, 6.45) is 3.63. The number of imidazole rings is 1. The molecule has 6 nitrogen and oxygen atoms in total. The Morgan fingerprint density at radius 3 is 2.44 bits per heavy atom. The van der Waals surface area contributed by atoms with Gasteiger partial charge in [-0.25, -0.2) is 4.79 Å². The van der Waals surface area contributed by atoms with Crippen LogP contribution >= 0.6 is 0 Å². The van der Waals surface area contributed by atoms with E-state index in [-0.39, 0.29) is 17.6 Å². The standard InChI is InChI=1S/C19H26N4O2/c1-21-10-6-14(7-11-21)18(24)22-12-8-15(9-13-22)23-17-5-3-2-4-16(17)20-19(23)25/h2-5,14-15H,6-13H2,1H3,(H,20,25). The Kier molecular flexibility index (Phi) is 4.37. The van der Waals surface area contributed by atoms with Crippen molar-refractivity contribution in [3.05, 3.63) is 34.7 Å². The largest absolute Gasteiger partial charge is 0.342 e. The molecule has 1 amide bonds. The maximum atomic E-state index is 12.8. The normalized spacial score (nSPS) is 21.1. The first-order valence-electron chi connectivity index (χ1n) is 9.30. The average Bonchev–Trinajstić information content (AvgIpc) is 2.97. The Morgan fingerprint density at radius 2 is 1.72 bits per heavy atom. The number of likely N-dealkylation sites (tertiary alicyclic amines) is 2.